The van der Waals surface area contributed by atoms with Crippen LogP contribution in [0.4, 0.5) is 0 Å². The van der Waals surface area contributed by atoms with Crippen LogP contribution in [0.25, 0.3) is 0 Å². The molecule has 2 atom stereocenters. The van der Waals surface area contributed by atoms with Crippen molar-refractivity contribution in [3.8, 4) is 0 Å². The fourth-order valence-corrected chi connectivity index (χ4v) is 2.85. The minimum atomic E-state index is -0.660. The van der Waals surface area contributed by atoms with Crippen LogP contribution >= 0.6 is 0 Å². The molecule has 0 radical (unpaired) electrons. The molecule has 2 rings (SSSR count). The van der Waals surface area contributed by atoms with Gasteiger partial charge in [0.15, 0.2) is 0 Å². The summed E-state index contributed by atoms with van der Waals surface area (Å²) in [6.07, 6.45) is 3.87. The van der Waals surface area contributed by atoms with Crippen molar-refractivity contribution >= 4 is 5.91 Å². The fraction of sp³-hybridized carbons (Fsp3) is 0.923. The van der Waals surface area contributed by atoms with Crippen LogP contribution in [0.15, 0.2) is 0 Å². The van der Waals surface area contributed by atoms with Gasteiger partial charge >= 0.3 is 0 Å². The molecular weight excluding hydrogens is 216 g/mol. The summed E-state index contributed by atoms with van der Waals surface area (Å²) in [4.78, 5) is 14.0. The molecule has 1 amide bonds. The van der Waals surface area contributed by atoms with E-state index in [1.807, 2.05) is 13.8 Å². The Bertz CT molecular complexity index is 298. The molecular formula is C13H24N2O2. The summed E-state index contributed by atoms with van der Waals surface area (Å²) < 4.78 is 0. The van der Waals surface area contributed by atoms with Gasteiger partial charge in [-0.1, -0.05) is 20.3 Å². The van der Waals surface area contributed by atoms with Crippen molar-refractivity contribution in [2.45, 2.75) is 51.2 Å². The lowest BCUT2D eigenvalue weighted by Gasteiger charge is -2.50. The molecule has 1 saturated heterocycles. The van der Waals surface area contributed by atoms with Crippen LogP contribution < -0.4 is 5.73 Å². The molecule has 98 valence electrons. The Balaban J connectivity index is 1.86. The van der Waals surface area contributed by atoms with Gasteiger partial charge in [0.2, 0.25) is 5.91 Å². The molecule has 1 aliphatic carbocycles. The van der Waals surface area contributed by atoms with Crippen molar-refractivity contribution in [2.24, 2.45) is 17.6 Å². The van der Waals surface area contributed by atoms with E-state index >= 15 is 0 Å². The highest BCUT2D eigenvalue weighted by atomic mass is 16.3. The van der Waals surface area contributed by atoms with Gasteiger partial charge in [-0.3, -0.25) is 4.79 Å². The lowest BCUT2D eigenvalue weighted by atomic mass is 9.80. The zero-order chi connectivity index (χ0) is 12.6. The van der Waals surface area contributed by atoms with E-state index in [1.54, 1.807) is 4.90 Å². The number of aliphatic hydroxyl groups is 1. The Hall–Kier alpha value is -0.610. The summed E-state index contributed by atoms with van der Waals surface area (Å²) in [6.45, 7) is 4.99. The van der Waals surface area contributed by atoms with Crippen molar-refractivity contribution in [1.82, 2.24) is 4.90 Å². The molecule has 1 saturated carbocycles. The van der Waals surface area contributed by atoms with Gasteiger partial charge in [-0.2, -0.15) is 0 Å². The number of rotatable bonds is 2. The molecule has 0 aromatic rings. The first-order valence-electron chi connectivity index (χ1n) is 6.69. The number of carbonyl (C=O) groups is 1. The Kier molecular flexibility index (Phi) is 3.46. The third kappa shape index (κ3) is 2.47. The topological polar surface area (TPSA) is 66.6 Å². The number of amides is 1. The van der Waals surface area contributed by atoms with Crippen molar-refractivity contribution in [2.75, 3.05) is 13.1 Å². The van der Waals surface area contributed by atoms with Crippen molar-refractivity contribution < 1.29 is 9.90 Å². The highest BCUT2D eigenvalue weighted by Crippen LogP contribution is 2.32. The molecule has 17 heavy (non-hydrogen) atoms. The van der Waals surface area contributed by atoms with E-state index in [-0.39, 0.29) is 23.8 Å². The molecule has 2 unspecified atom stereocenters. The first kappa shape index (κ1) is 12.8. The van der Waals surface area contributed by atoms with E-state index < -0.39 is 5.60 Å². The van der Waals surface area contributed by atoms with Gasteiger partial charge in [0, 0.05) is 12.0 Å². The Morgan fingerprint density at radius 1 is 1.41 bits per heavy atom. The van der Waals surface area contributed by atoms with E-state index in [0.717, 1.165) is 25.7 Å². The summed E-state index contributed by atoms with van der Waals surface area (Å²) >= 11 is 0. The molecule has 4 nitrogen and oxygen atoms in total. The molecule has 2 aliphatic rings. The summed E-state index contributed by atoms with van der Waals surface area (Å²) in [7, 11) is 0. The average molecular weight is 240 g/mol. The normalized spacial score (nSPS) is 32.4. The lowest BCUT2D eigenvalue weighted by Crippen LogP contribution is -2.67. The maximum Gasteiger partial charge on any atom is 0.225 e. The Morgan fingerprint density at radius 2 is 2.06 bits per heavy atom. The standard InChI is InChI=1S/C13H24N2O2/c1-9(2)13(17)7-15(8-13)12(16)10-4-3-5-11(14)6-10/h9-11,17H,3-8,14H2,1-2H3. The van der Waals surface area contributed by atoms with Crippen LogP contribution in [-0.2, 0) is 4.79 Å². The molecule has 0 spiro atoms. The van der Waals surface area contributed by atoms with Gasteiger partial charge < -0.3 is 15.7 Å². The maximum absolute atomic E-state index is 12.2. The fourth-order valence-electron chi connectivity index (χ4n) is 2.85. The van der Waals surface area contributed by atoms with E-state index in [0.29, 0.717) is 13.1 Å². The molecule has 4 heteroatoms. The molecule has 1 heterocycles. The quantitative estimate of drug-likeness (QED) is 0.748. The monoisotopic (exact) mass is 240 g/mol. The zero-order valence-corrected chi connectivity index (χ0v) is 10.9. The van der Waals surface area contributed by atoms with Gasteiger partial charge in [-0.25, -0.2) is 0 Å². The first-order chi connectivity index (χ1) is 7.92. The van der Waals surface area contributed by atoms with E-state index in [1.165, 1.54) is 0 Å². The molecule has 1 aliphatic heterocycles. The number of likely N-dealkylation sites (tertiary alicyclic amines) is 1. The highest BCUT2D eigenvalue weighted by molar-refractivity contribution is 5.80. The van der Waals surface area contributed by atoms with Gasteiger partial charge in [0.05, 0.1) is 13.1 Å². The van der Waals surface area contributed by atoms with Gasteiger partial charge in [-0.15, -0.1) is 0 Å². The Labute approximate surface area is 103 Å². The molecule has 0 bridgehead atoms. The second-order valence-electron chi connectivity index (χ2n) is 6.08. The summed E-state index contributed by atoms with van der Waals surface area (Å²) in [5.74, 6) is 0.501. The van der Waals surface area contributed by atoms with Crippen LogP contribution in [0.2, 0.25) is 0 Å². The average Bonchev–Trinajstić information content (AvgIpc) is 2.23. The van der Waals surface area contributed by atoms with E-state index in [2.05, 4.69) is 0 Å². The number of carbonyl (C=O) groups excluding carboxylic acids is 1. The largest absolute Gasteiger partial charge is 0.386 e. The van der Waals surface area contributed by atoms with Gasteiger partial charge in [0.1, 0.15) is 5.60 Å². The first-order valence-corrected chi connectivity index (χ1v) is 6.69. The number of hydrogen-bond donors (Lipinski definition) is 2. The number of β-amino-alcohol motifs (C(OH)–C–C–N with tert-alkyl or cyclic N) is 1. The number of hydrogen-bond acceptors (Lipinski definition) is 3. The van der Waals surface area contributed by atoms with Crippen LogP contribution in [0.5, 0.6) is 0 Å². The predicted molar refractivity (Wildman–Crippen MR) is 66.3 cm³/mol. The van der Waals surface area contributed by atoms with E-state index in [9.17, 15) is 9.90 Å². The second-order valence-corrected chi connectivity index (χ2v) is 6.08. The van der Waals surface area contributed by atoms with Crippen molar-refractivity contribution in [3.05, 3.63) is 0 Å². The van der Waals surface area contributed by atoms with Crippen molar-refractivity contribution in [1.29, 1.82) is 0 Å². The highest BCUT2D eigenvalue weighted by Gasteiger charge is 2.47. The lowest BCUT2D eigenvalue weighted by molar-refractivity contribution is -0.168. The van der Waals surface area contributed by atoms with E-state index in [4.69, 9.17) is 5.73 Å². The van der Waals surface area contributed by atoms with Crippen LogP contribution in [0.1, 0.15) is 39.5 Å². The number of nitrogens with two attached hydrogens (primary N) is 1. The summed E-state index contributed by atoms with van der Waals surface area (Å²) in [6, 6.07) is 0.183. The molecule has 0 aromatic carbocycles. The van der Waals surface area contributed by atoms with Crippen molar-refractivity contribution in [3.63, 3.8) is 0 Å². The molecule has 0 aromatic heterocycles. The summed E-state index contributed by atoms with van der Waals surface area (Å²) in [5.41, 5.74) is 5.24. The van der Waals surface area contributed by atoms with Crippen LogP contribution in [0, 0.1) is 11.8 Å². The third-order valence-electron chi connectivity index (χ3n) is 4.38. The zero-order valence-electron chi connectivity index (χ0n) is 10.9. The Morgan fingerprint density at radius 3 is 2.59 bits per heavy atom. The van der Waals surface area contributed by atoms with Crippen LogP contribution in [-0.4, -0.2) is 40.6 Å². The number of nitrogens with zero attached hydrogens (tertiary/aromatic N) is 1. The third-order valence-corrected chi connectivity index (χ3v) is 4.38. The van der Waals surface area contributed by atoms with Gasteiger partial charge in [-0.05, 0) is 25.2 Å². The summed E-state index contributed by atoms with van der Waals surface area (Å²) in [5, 5.41) is 10.1. The smallest absolute Gasteiger partial charge is 0.225 e. The molecule has 2 fully saturated rings. The maximum atomic E-state index is 12.2. The predicted octanol–water partition coefficient (Wildman–Crippen LogP) is 0.733. The second kappa shape index (κ2) is 4.58. The SMILES string of the molecule is CC(C)C1(O)CN(C(=O)C2CCCC(N)C2)C1. The molecule has 3 N–H and O–H groups in total. The minimum Gasteiger partial charge on any atom is -0.386 e. The minimum absolute atomic E-state index is 0.0930. The van der Waals surface area contributed by atoms with Crippen LogP contribution in [0.3, 0.4) is 0 Å². The van der Waals surface area contributed by atoms with Gasteiger partial charge in [0.25, 0.3) is 0 Å².